The predicted molar refractivity (Wildman–Crippen MR) is 165 cm³/mol. The standard InChI is InChI=1S/C32H52N2O13/c1-38-11-12-40-13-14-41-15-16-42-17-18-43-19-20-44-21-22-45-23-24-46-32(31(37)39-2)5-7-33(8-6-32)9-10-34-29(35)27-25-3-4-26(47-25)28(27)30(34)36/h3-4,25-28H,5-24H2,1-2H3. The van der Waals surface area contributed by atoms with Gasteiger partial charge in [-0.05, 0) is 12.8 Å². The van der Waals surface area contributed by atoms with E-state index in [0.29, 0.717) is 125 Å². The Morgan fingerprint density at radius 2 is 1.11 bits per heavy atom. The van der Waals surface area contributed by atoms with Gasteiger partial charge in [0.15, 0.2) is 5.60 Å². The van der Waals surface area contributed by atoms with Gasteiger partial charge in [-0.15, -0.1) is 0 Å². The third kappa shape index (κ3) is 11.0. The second kappa shape index (κ2) is 20.5. The van der Waals surface area contributed by atoms with Crippen molar-refractivity contribution in [3.05, 3.63) is 12.2 Å². The molecule has 4 aliphatic rings. The summed E-state index contributed by atoms with van der Waals surface area (Å²) in [5, 5.41) is 0. The molecule has 0 aromatic rings. The number of hydrogen-bond acceptors (Lipinski definition) is 14. The molecule has 0 aromatic carbocycles. The lowest BCUT2D eigenvalue weighted by molar-refractivity contribution is -0.179. The van der Waals surface area contributed by atoms with Crippen LogP contribution < -0.4 is 0 Å². The number of esters is 1. The quantitative estimate of drug-likeness (QED) is 0.0512. The lowest BCUT2D eigenvalue weighted by atomic mass is 9.85. The Bertz CT molecular complexity index is 960. The summed E-state index contributed by atoms with van der Waals surface area (Å²) in [4.78, 5) is 42.0. The van der Waals surface area contributed by atoms with Crippen LogP contribution in [0.5, 0.6) is 0 Å². The van der Waals surface area contributed by atoms with Gasteiger partial charge in [-0.2, -0.15) is 0 Å². The zero-order chi connectivity index (χ0) is 33.3. The van der Waals surface area contributed by atoms with Crippen LogP contribution in [0.2, 0.25) is 0 Å². The molecule has 0 saturated carbocycles. The van der Waals surface area contributed by atoms with Crippen LogP contribution in [0.15, 0.2) is 12.2 Å². The second-order valence-electron chi connectivity index (χ2n) is 11.7. The minimum absolute atomic E-state index is 0.143. The van der Waals surface area contributed by atoms with E-state index in [2.05, 4.69) is 4.90 Å². The van der Waals surface area contributed by atoms with Gasteiger partial charge in [0.1, 0.15) is 0 Å². The van der Waals surface area contributed by atoms with Gasteiger partial charge in [0.2, 0.25) is 11.8 Å². The largest absolute Gasteiger partial charge is 0.467 e. The maximum absolute atomic E-state index is 12.9. The summed E-state index contributed by atoms with van der Waals surface area (Å²) >= 11 is 0. The summed E-state index contributed by atoms with van der Waals surface area (Å²) in [5.74, 6) is -1.47. The predicted octanol–water partition coefficient (Wildman–Crippen LogP) is -0.305. The number of imide groups is 1. The third-order valence-corrected chi connectivity index (χ3v) is 8.76. The molecule has 0 aliphatic carbocycles. The van der Waals surface area contributed by atoms with Gasteiger partial charge in [0, 0.05) is 33.3 Å². The number of amides is 2. The molecule has 3 saturated heterocycles. The van der Waals surface area contributed by atoms with Crippen molar-refractivity contribution in [3.63, 3.8) is 0 Å². The first kappa shape index (κ1) is 37.8. The van der Waals surface area contributed by atoms with E-state index < -0.39 is 23.4 Å². The molecular formula is C32H52N2O13. The number of rotatable bonds is 26. The van der Waals surface area contributed by atoms with Crippen molar-refractivity contribution in [1.82, 2.24) is 9.80 Å². The Morgan fingerprint density at radius 3 is 1.53 bits per heavy atom. The van der Waals surface area contributed by atoms with E-state index in [1.54, 1.807) is 7.11 Å². The molecule has 4 atom stereocenters. The van der Waals surface area contributed by atoms with E-state index in [-0.39, 0.29) is 30.6 Å². The Morgan fingerprint density at radius 1 is 0.681 bits per heavy atom. The molecule has 3 fully saturated rings. The summed E-state index contributed by atoms with van der Waals surface area (Å²) in [6, 6.07) is 0. The number of nitrogens with zero attached hydrogens (tertiary/aromatic N) is 2. The van der Waals surface area contributed by atoms with Crippen molar-refractivity contribution in [2.45, 2.75) is 30.7 Å². The summed E-state index contributed by atoms with van der Waals surface area (Å²) in [6.45, 7) is 8.47. The average Bonchev–Trinajstić information content (AvgIpc) is 3.78. The van der Waals surface area contributed by atoms with E-state index in [1.165, 1.54) is 12.0 Å². The molecule has 4 rings (SSSR count). The lowest BCUT2D eigenvalue weighted by Gasteiger charge is -2.39. The third-order valence-electron chi connectivity index (χ3n) is 8.76. The molecule has 0 aromatic heterocycles. The number of carbonyl (C=O) groups is 3. The SMILES string of the molecule is COCCOCCOCCOCCOCCOCCOCCOC1(C(=O)OC)CCN(CCN2C(=O)C3C4C=CC(O4)C3C2=O)CC1. The van der Waals surface area contributed by atoms with E-state index in [0.717, 1.165) is 0 Å². The maximum Gasteiger partial charge on any atom is 0.338 e. The molecule has 15 heteroatoms. The molecule has 2 amide bonds. The van der Waals surface area contributed by atoms with Crippen LogP contribution >= 0.6 is 0 Å². The van der Waals surface area contributed by atoms with E-state index >= 15 is 0 Å². The summed E-state index contributed by atoms with van der Waals surface area (Å²) in [7, 11) is 3.00. The number of hydrogen-bond donors (Lipinski definition) is 0. The minimum atomic E-state index is -1.04. The first-order chi connectivity index (χ1) is 23.0. The zero-order valence-electron chi connectivity index (χ0n) is 27.8. The van der Waals surface area contributed by atoms with Crippen molar-refractivity contribution in [3.8, 4) is 0 Å². The molecule has 47 heavy (non-hydrogen) atoms. The fraction of sp³-hybridized carbons (Fsp3) is 0.844. The highest BCUT2D eigenvalue weighted by Crippen LogP contribution is 2.45. The Hall–Kier alpha value is -2.05. The number of methoxy groups -OCH3 is 2. The van der Waals surface area contributed by atoms with Crippen LogP contribution in [0.4, 0.5) is 0 Å². The van der Waals surface area contributed by atoms with Crippen LogP contribution in [0, 0.1) is 11.8 Å². The van der Waals surface area contributed by atoms with Crippen LogP contribution in [0.3, 0.4) is 0 Å². The summed E-state index contributed by atoms with van der Waals surface area (Å²) in [6.07, 6.45) is 4.10. The number of fused-ring (bicyclic) bond motifs is 5. The highest BCUT2D eigenvalue weighted by molar-refractivity contribution is 6.06. The van der Waals surface area contributed by atoms with Gasteiger partial charge in [-0.25, -0.2) is 4.79 Å². The van der Waals surface area contributed by atoms with Gasteiger partial charge in [0.05, 0.1) is 124 Å². The monoisotopic (exact) mass is 672 g/mol. The topological polar surface area (TPSA) is 150 Å². The minimum Gasteiger partial charge on any atom is -0.467 e. The van der Waals surface area contributed by atoms with E-state index in [1.807, 2.05) is 12.2 Å². The maximum atomic E-state index is 12.9. The number of piperidine rings is 1. The zero-order valence-corrected chi connectivity index (χ0v) is 27.8. The Balaban J connectivity index is 0.965. The smallest absolute Gasteiger partial charge is 0.338 e. The number of ether oxygens (including phenoxy) is 10. The highest BCUT2D eigenvalue weighted by Gasteiger charge is 2.60. The van der Waals surface area contributed by atoms with Crippen LogP contribution in [0.1, 0.15) is 12.8 Å². The molecule has 268 valence electrons. The Kier molecular flexibility index (Phi) is 16.4. The molecule has 0 radical (unpaired) electrons. The van der Waals surface area contributed by atoms with Crippen molar-refractivity contribution in [2.75, 3.05) is 133 Å². The molecule has 2 bridgehead atoms. The fourth-order valence-electron chi connectivity index (χ4n) is 6.20. The first-order valence-electron chi connectivity index (χ1n) is 16.6. The van der Waals surface area contributed by atoms with Gasteiger partial charge in [-0.3, -0.25) is 14.5 Å². The molecule has 0 spiro atoms. The normalized spacial score (nSPS) is 24.9. The second-order valence-corrected chi connectivity index (χ2v) is 11.7. The van der Waals surface area contributed by atoms with Crippen LogP contribution in [-0.2, 0) is 61.8 Å². The first-order valence-corrected chi connectivity index (χ1v) is 16.6. The van der Waals surface area contributed by atoms with Crippen molar-refractivity contribution in [1.29, 1.82) is 0 Å². The van der Waals surface area contributed by atoms with Gasteiger partial charge < -0.3 is 52.3 Å². The number of carbonyl (C=O) groups excluding carboxylic acids is 3. The lowest BCUT2D eigenvalue weighted by Crippen LogP contribution is -2.53. The molecule has 4 unspecified atom stereocenters. The molecule has 0 N–H and O–H groups in total. The van der Waals surface area contributed by atoms with Crippen LogP contribution in [0.25, 0.3) is 0 Å². The van der Waals surface area contributed by atoms with Crippen molar-refractivity contribution < 1.29 is 61.8 Å². The van der Waals surface area contributed by atoms with E-state index in [9.17, 15) is 14.4 Å². The van der Waals surface area contributed by atoms with E-state index in [4.69, 9.17) is 47.4 Å². The highest BCUT2D eigenvalue weighted by atomic mass is 16.6. The average molecular weight is 673 g/mol. The molecule has 15 nitrogen and oxygen atoms in total. The van der Waals surface area contributed by atoms with Crippen molar-refractivity contribution in [2.24, 2.45) is 11.8 Å². The molecular weight excluding hydrogens is 620 g/mol. The van der Waals surface area contributed by atoms with Gasteiger partial charge in [0.25, 0.3) is 0 Å². The molecule has 4 heterocycles. The van der Waals surface area contributed by atoms with Crippen molar-refractivity contribution >= 4 is 17.8 Å². The fourth-order valence-corrected chi connectivity index (χ4v) is 6.20. The van der Waals surface area contributed by atoms with Gasteiger partial charge in [-0.1, -0.05) is 12.2 Å². The van der Waals surface area contributed by atoms with Gasteiger partial charge >= 0.3 is 5.97 Å². The summed E-state index contributed by atoms with van der Waals surface area (Å²) < 4.78 is 54.5. The Labute approximate surface area is 276 Å². The van der Waals surface area contributed by atoms with Crippen LogP contribution in [-0.4, -0.2) is 178 Å². The number of likely N-dealkylation sites (tertiary alicyclic amines) is 2. The molecule has 4 aliphatic heterocycles. The summed E-state index contributed by atoms with van der Waals surface area (Å²) in [5.41, 5.74) is -1.04.